The Kier molecular flexibility index (Phi) is 2.42. The Morgan fingerprint density at radius 3 is 2.17 bits per heavy atom. The Balaban J connectivity index is 2.78. The summed E-state index contributed by atoms with van der Waals surface area (Å²) in [4.78, 5) is 0. The molecule has 0 bridgehead atoms. The first kappa shape index (κ1) is 9.88. The zero-order chi connectivity index (χ0) is 9.52. The van der Waals surface area contributed by atoms with Crippen molar-refractivity contribution in [3.05, 3.63) is 0 Å². The van der Waals surface area contributed by atoms with Crippen molar-refractivity contribution in [1.82, 2.24) is 0 Å². The van der Waals surface area contributed by atoms with E-state index in [9.17, 15) is 20.4 Å². The fourth-order valence-electron chi connectivity index (χ4n) is 1.30. The van der Waals surface area contributed by atoms with E-state index in [0.717, 1.165) is 0 Å². The van der Waals surface area contributed by atoms with Crippen molar-refractivity contribution in [2.75, 3.05) is 0 Å². The first-order valence-electron chi connectivity index (χ1n) is 3.80. The summed E-state index contributed by atoms with van der Waals surface area (Å²) < 4.78 is 4.86. The second kappa shape index (κ2) is 2.93. The van der Waals surface area contributed by atoms with E-state index < -0.39 is 30.2 Å². The van der Waals surface area contributed by atoms with Gasteiger partial charge in [-0.3, -0.25) is 0 Å². The molecule has 0 aliphatic carbocycles. The first-order valence-corrected chi connectivity index (χ1v) is 3.80. The molecular weight excluding hydrogens is 164 g/mol. The third-order valence-electron chi connectivity index (χ3n) is 2.13. The van der Waals surface area contributed by atoms with E-state index in [1.165, 1.54) is 13.8 Å². The lowest BCUT2D eigenvalue weighted by Gasteiger charge is -2.42. The molecule has 1 aliphatic rings. The molecule has 0 spiro atoms. The van der Waals surface area contributed by atoms with E-state index in [2.05, 4.69) is 0 Å². The van der Waals surface area contributed by atoms with Crippen molar-refractivity contribution >= 4 is 0 Å². The minimum atomic E-state index is -1.79. The number of ether oxygens (including phenoxy) is 1. The smallest absolute Gasteiger partial charge is 0.192 e. The molecule has 5 atom stereocenters. The summed E-state index contributed by atoms with van der Waals surface area (Å²) in [5.74, 6) is -1.79. The molecule has 0 radical (unpaired) electrons. The topological polar surface area (TPSA) is 90.2 Å². The molecule has 12 heavy (non-hydrogen) atoms. The van der Waals surface area contributed by atoms with Gasteiger partial charge in [-0.25, -0.2) is 0 Å². The Morgan fingerprint density at radius 2 is 1.67 bits per heavy atom. The van der Waals surface area contributed by atoms with Crippen LogP contribution in [0, 0.1) is 0 Å². The molecule has 1 fully saturated rings. The fraction of sp³-hybridized carbons (Fsp3) is 1.00. The summed E-state index contributed by atoms with van der Waals surface area (Å²) in [7, 11) is 0. The molecule has 0 aromatic carbocycles. The minimum absolute atomic E-state index is 0.696. The Hall–Kier alpha value is -0.200. The molecule has 72 valence electrons. The van der Waals surface area contributed by atoms with E-state index in [0.29, 0.717) is 0 Å². The highest BCUT2D eigenvalue weighted by atomic mass is 16.7. The summed E-state index contributed by atoms with van der Waals surface area (Å²) in [5, 5.41) is 37.0. The first-order chi connectivity index (χ1) is 5.36. The van der Waals surface area contributed by atoms with Crippen molar-refractivity contribution in [1.29, 1.82) is 0 Å². The van der Waals surface area contributed by atoms with E-state index in [-0.39, 0.29) is 0 Å². The number of rotatable bonds is 0. The molecule has 0 saturated carbocycles. The molecule has 4 N–H and O–H groups in total. The Bertz CT molecular complexity index is 169. The van der Waals surface area contributed by atoms with Gasteiger partial charge in [-0.2, -0.15) is 0 Å². The lowest BCUT2D eigenvalue weighted by Crippen LogP contribution is -2.62. The summed E-state index contributed by atoms with van der Waals surface area (Å²) >= 11 is 0. The Morgan fingerprint density at radius 1 is 1.17 bits per heavy atom. The van der Waals surface area contributed by atoms with Gasteiger partial charge in [0.1, 0.15) is 18.3 Å². The highest BCUT2D eigenvalue weighted by molar-refractivity contribution is 4.92. The van der Waals surface area contributed by atoms with Crippen LogP contribution in [0.2, 0.25) is 0 Å². The molecular formula is C7H14O5. The van der Waals surface area contributed by atoms with Crippen LogP contribution in [-0.4, -0.2) is 50.6 Å². The zero-order valence-electron chi connectivity index (χ0n) is 7.01. The van der Waals surface area contributed by atoms with Gasteiger partial charge in [0.15, 0.2) is 5.79 Å². The average molecular weight is 178 g/mol. The third kappa shape index (κ3) is 1.46. The van der Waals surface area contributed by atoms with Crippen LogP contribution in [-0.2, 0) is 4.74 Å². The molecule has 0 amide bonds. The lowest BCUT2D eigenvalue weighted by atomic mass is 9.94. The van der Waals surface area contributed by atoms with Crippen molar-refractivity contribution < 1.29 is 25.2 Å². The van der Waals surface area contributed by atoms with Crippen LogP contribution < -0.4 is 0 Å². The molecule has 0 unspecified atom stereocenters. The predicted molar refractivity (Wildman–Crippen MR) is 39.2 cm³/mol. The molecule has 1 saturated heterocycles. The second-order valence-corrected chi connectivity index (χ2v) is 3.30. The van der Waals surface area contributed by atoms with Crippen molar-refractivity contribution in [2.24, 2.45) is 0 Å². The van der Waals surface area contributed by atoms with Gasteiger partial charge in [0.2, 0.25) is 0 Å². The van der Waals surface area contributed by atoms with Gasteiger partial charge >= 0.3 is 0 Å². The van der Waals surface area contributed by atoms with E-state index in [1.54, 1.807) is 0 Å². The van der Waals surface area contributed by atoms with E-state index in [4.69, 9.17) is 4.74 Å². The number of hydrogen-bond acceptors (Lipinski definition) is 5. The van der Waals surface area contributed by atoms with Crippen LogP contribution in [0.25, 0.3) is 0 Å². The van der Waals surface area contributed by atoms with Gasteiger partial charge in [0.05, 0.1) is 6.10 Å². The monoisotopic (exact) mass is 178 g/mol. The molecule has 1 aliphatic heterocycles. The van der Waals surface area contributed by atoms with Crippen LogP contribution >= 0.6 is 0 Å². The van der Waals surface area contributed by atoms with Gasteiger partial charge in [0.25, 0.3) is 0 Å². The summed E-state index contributed by atoms with van der Waals surface area (Å²) in [6.45, 7) is 2.75. The molecule has 5 heteroatoms. The maximum Gasteiger partial charge on any atom is 0.192 e. The third-order valence-corrected chi connectivity index (χ3v) is 2.13. The molecule has 0 aromatic rings. The molecule has 1 heterocycles. The highest BCUT2D eigenvalue weighted by Crippen LogP contribution is 2.27. The normalized spacial score (nSPS) is 55.5. The lowest BCUT2D eigenvalue weighted by molar-refractivity contribution is -0.334. The highest BCUT2D eigenvalue weighted by Gasteiger charge is 2.48. The summed E-state index contributed by atoms with van der Waals surface area (Å²) in [6, 6.07) is 0. The van der Waals surface area contributed by atoms with Gasteiger partial charge in [-0.05, 0) is 13.8 Å². The average Bonchev–Trinajstić information content (AvgIpc) is 1.97. The Labute approximate surface area is 70.2 Å². The van der Waals surface area contributed by atoms with Crippen LogP contribution in [0.1, 0.15) is 13.8 Å². The minimum Gasteiger partial charge on any atom is -0.388 e. The number of aliphatic hydroxyl groups excluding tert-OH is 3. The van der Waals surface area contributed by atoms with Gasteiger partial charge in [0, 0.05) is 0 Å². The van der Waals surface area contributed by atoms with E-state index >= 15 is 0 Å². The molecule has 1 rings (SSSR count). The predicted octanol–water partition coefficient (Wildman–Crippen LogP) is -1.80. The maximum atomic E-state index is 9.36. The van der Waals surface area contributed by atoms with Gasteiger partial charge < -0.3 is 25.2 Å². The standard InChI is InChI=1S/C7H14O5/c1-3-4(8)5(9)6(10)7(2,11)12-3/h3-6,8-11H,1-2H3/t3-,4+,5+,6-,7+/m0/s1. The molecule has 5 nitrogen and oxygen atoms in total. The van der Waals surface area contributed by atoms with Crippen LogP contribution in [0.5, 0.6) is 0 Å². The largest absolute Gasteiger partial charge is 0.388 e. The van der Waals surface area contributed by atoms with Crippen LogP contribution in [0.3, 0.4) is 0 Å². The van der Waals surface area contributed by atoms with Crippen molar-refractivity contribution in [2.45, 2.75) is 44.1 Å². The second-order valence-electron chi connectivity index (χ2n) is 3.30. The fourth-order valence-corrected chi connectivity index (χ4v) is 1.30. The quantitative estimate of drug-likeness (QED) is 0.351. The maximum absolute atomic E-state index is 9.36. The van der Waals surface area contributed by atoms with Gasteiger partial charge in [-0.1, -0.05) is 0 Å². The zero-order valence-corrected chi connectivity index (χ0v) is 7.01. The SMILES string of the molecule is C[C@@H]1O[C@@](C)(O)[C@@H](O)[C@H](O)[C@@H]1O. The van der Waals surface area contributed by atoms with Crippen LogP contribution in [0.4, 0.5) is 0 Å². The summed E-state index contributed by atoms with van der Waals surface area (Å²) in [5.41, 5.74) is 0. The van der Waals surface area contributed by atoms with E-state index in [1.807, 2.05) is 0 Å². The van der Waals surface area contributed by atoms with Crippen LogP contribution in [0.15, 0.2) is 0 Å². The number of hydrogen-bond donors (Lipinski definition) is 4. The number of aliphatic hydroxyl groups is 4. The van der Waals surface area contributed by atoms with Gasteiger partial charge in [-0.15, -0.1) is 0 Å². The van der Waals surface area contributed by atoms with Crippen molar-refractivity contribution in [3.63, 3.8) is 0 Å². The molecule has 0 aromatic heterocycles. The van der Waals surface area contributed by atoms with Crippen molar-refractivity contribution in [3.8, 4) is 0 Å². The summed E-state index contributed by atoms with van der Waals surface area (Å²) in [6.07, 6.45) is -4.72.